The van der Waals surface area contributed by atoms with Gasteiger partial charge in [0.1, 0.15) is 0 Å². The smallest absolute Gasteiger partial charge is 0.0384 e. The molecule has 4 unspecified atom stereocenters. The van der Waals surface area contributed by atoms with Gasteiger partial charge < -0.3 is 10.6 Å². The number of likely N-dealkylation sites (tertiary alicyclic amines) is 1. The van der Waals surface area contributed by atoms with E-state index < -0.39 is 0 Å². The van der Waals surface area contributed by atoms with Crippen molar-refractivity contribution in [3.8, 4) is 0 Å². The quantitative estimate of drug-likeness (QED) is 0.782. The summed E-state index contributed by atoms with van der Waals surface area (Å²) < 4.78 is 0. The second kappa shape index (κ2) is 4.52. The van der Waals surface area contributed by atoms with Crippen molar-refractivity contribution in [2.75, 3.05) is 39.3 Å². The molecule has 0 saturated carbocycles. The number of fused-ring (bicyclic) bond motifs is 2. The van der Waals surface area contributed by atoms with Gasteiger partial charge in [0.15, 0.2) is 0 Å². The number of rotatable bonds is 2. The van der Waals surface area contributed by atoms with Gasteiger partial charge in [0.2, 0.25) is 0 Å². The normalized spacial score (nSPS) is 47.3. The summed E-state index contributed by atoms with van der Waals surface area (Å²) in [6.07, 6.45) is 5.47. The van der Waals surface area contributed by atoms with Crippen molar-refractivity contribution < 1.29 is 0 Å². The van der Waals surface area contributed by atoms with Crippen molar-refractivity contribution in [3.05, 3.63) is 0 Å². The van der Waals surface area contributed by atoms with Gasteiger partial charge in [-0.2, -0.15) is 0 Å². The van der Waals surface area contributed by atoms with Crippen molar-refractivity contribution in [1.29, 1.82) is 0 Å². The summed E-state index contributed by atoms with van der Waals surface area (Å²) in [4.78, 5) is 5.40. The molecule has 0 aromatic rings. The van der Waals surface area contributed by atoms with E-state index in [4.69, 9.17) is 5.73 Å². The zero-order valence-corrected chi connectivity index (χ0v) is 11.2. The summed E-state index contributed by atoms with van der Waals surface area (Å²) in [5, 5.41) is 0. The van der Waals surface area contributed by atoms with Crippen molar-refractivity contribution in [2.45, 2.75) is 38.1 Å². The van der Waals surface area contributed by atoms with E-state index in [9.17, 15) is 0 Å². The van der Waals surface area contributed by atoms with E-state index in [1.165, 1.54) is 58.4 Å². The highest BCUT2D eigenvalue weighted by Crippen LogP contribution is 2.40. The summed E-state index contributed by atoms with van der Waals surface area (Å²) >= 11 is 0. The van der Waals surface area contributed by atoms with Crippen molar-refractivity contribution >= 4 is 0 Å². The third kappa shape index (κ3) is 1.92. The molecule has 2 N–H and O–H groups in total. The molecule has 98 valence electrons. The van der Waals surface area contributed by atoms with E-state index in [1.807, 2.05) is 0 Å². The first-order valence-corrected chi connectivity index (χ1v) is 7.42. The maximum Gasteiger partial charge on any atom is 0.0384 e. The summed E-state index contributed by atoms with van der Waals surface area (Å²) in [6.45, 7) is 9.75. The average Bonchev–Trinajstić information content (AvgIpc) is 2.74. The van der Waals surface area contributed by atoms with Crippen LogP contribution in [0.1, 0.15) is 32.6 Å². The van der Waals surface area contributed by atoms with E-state index in [2.05, 4.69) is 16.7 Å². The first kappa shape index (κ1) is 11.9. The fourth-order valence-electron chi connectivity index (χ4n) is 4.44. The topological polar surface area (TPSA) is 32.5 Å². The molecule has 4 atom stereocenters. The highest BCUT2D eigenvalue weighted by atomic mass is 15.3. The first-order chi connectivity index (χ1) is 8.24. The Kier molecular flexibility index (Phi) is 3.18. The fourth-order valence-corrected chi connectivity index (χ4v) is 4.44. The predicted molar refractivity (Wildman–Crippen MR) is 70.9 cm³/mol. The minimum absolute atomic E-state index is 0.349. The summed E-state index contributed by atoms with van der Waals surface area (Å²) in [5.74, 6) is 1.71. The maximum absolute atomic E-state index is 6.24. The van der Waals surface area contributed by atoms with Gasteiger partial charge in [0.25, 0.3) is 0 Å². The van der Waals surface area contributed by atoms with Gasteiger partial charge in [-0.3, -0.25) is 4.90 Å². The van der Waals surface area contributed by atoms with Crippen LogP contribution in [0.3, 0.4) is 0 Å². The molecule has 0 radical (unpaired) electrons. The molecular weight excluding hydrogens is 210 g/mol. The van der Waals surface area contributed by atoms with Gasteiger partial charge in [0, 0.05) is 25.2 Å². The lowest BCUT2D eigenvalue weighted by Gasteiger charge is -2.52. The highest BCUT2D eigenvalue weighted by molar-refractivity contribution is 5.05. The number of hydrogen-bond acceptors (Lipinski definition) is 3. The van der Waals surface area contributed by atoms with Gasteiger partial charge in [-0.1, -0.05) is 6.92 Å². The molecule has 0 aromatic carbocycles. The van der Waals surface area contributed by atoms with Gasteiger partial charge in [-0.15, -0.1) is 0 Å². The van der Waals surface area contributed by atoms with Crippen LogP contribution in [0.15, 0.2) is 0 Å². The fraction of sp³-hybridized carbons (Fsp3) is 1.00. The molecule has 3 nitrogen and oxygen atoms in total. The van der Waals surface area contributed by atoms with E-state index in [0.29, 0.717) is 5.54 Å². The van der Waals surface area contributed by atoms with Crippen molar-refractivity contribution in [3.63, 3.8) is 0 Å². The van der Waals surface area contributed by atoms with Gasteiger partial charge >= 0.3 is 0 Å². The molecule has 3 heteroatoms. The Balaban J connectivity index is 1.80. The predicted octanol–water partition coefficient (Wildman–Crippen LogP) is 1.14. The van der Waals surface area contributed by atoms with Crippen LogP contribution in [0.25, 0.3) is 0 Å². The van der Waals surface area contributed by atoms with E-state index in [1.54, 1.807) is 0 Å². The lowest BCUT2D eigenvalue weighted by atomic mass is 9.76. The third-order valence-electron chi connectivity index (χ3n) is 5.53. The van der Waals surface area contributed by atoms with Crippen LogP contribution < -0.4 is 5.73 Å². The monoisotopic (exact) mass is 237 g/mol. The third-order valence-corrected chi connectivity index (χ3v) is 5.53. The number of hydrogen-bond donors (Lipinski definition) is 1. The SMILES string of the molecule is CC1CCCN(C2(CN)CCN3CCC2C3)C1. The molecule has 3 rings (SSSR count). The number of nitrogens with zero attached hydrogens (tertiary/aromatic N) is 2. The number of nitrogens with two attached hydrogens (primary N) is 1. The Labute approximate surface area is 105 Å². The van der Waals surface area contributed by atoms with Gasteiger partial charge in [-0.25, -0.2) is 0 Å². The Morgan fingerprint density at radius 2 is 2.06 bits per heavy atom. The number of piperidine rings is 2. The van der Waals surface area contributed by atoms with Crippen LogP contribution >= 0.6 is 0 Å². The molecule has 3 heterocycles. The van der Waals surface area contributed by atoms with Gasteiger partial charge in [-0.05, 0) is 57.2 Å². The molecule has 0 aromatic heterocycles. The standard InChI is InChI=1S/C14H27N3/c1-12-3-2-6-17(9-12)14(11-15)5-8-16-7-4-13(14)10-16/h12-13H,2-11,15H2,1H3. The van der Waals surface area contributed by atoms with Crippen LogP contribution in [0.4, 0.5) is 0 Å². The maximum atomic E-state index is 6.24. The van der Waals surface area contributed by atoms with E-state index in [-0.39, 0.29) is 0 Å². The van der Waals surface area contributed by atoms with Crippen LogP contribution in [0.2, 0.25) is 0 Å². The van der Waals surface area contributed by atoms with Gasteiger partial charge in [0.05, 0.1) is 0 Å². The minimum Gasteiger partial charge on any atom is -0.329 e. The Morgan fingerprint density at radius 3 is 2.82 bits per heavy atom. The van der Waals surface area contributed by atoms with Crippen molar-refractivity contribution in [2.24, 2.45) is 17.6 Å². The summed E-state index contributed by atoms with van der Waals surface area (Å²) in [6, 6.07) is 0. The zero-order chi connectivity index (χ0) is 11.9. The van der Waals surface area contributed by atoms with Crippen LogP contribution in [-0.4, -0.2) is 54.6 Å². The van der Waals surface area contributed by atoms with Crippen molar-refractivity contribution in [1.82, 2.24) is 9.80 Å². The van der Waals surface area contributed by atoms with Crippen LogP contribution in [0.5, 0.6) is 0 Å². The molecule has 2 bridgehead atoms. The zero-order valence-electron chi connectivity index (χ0n) is 11.2. The second-order valence-electron chi connectivity index (χ2n) is 6.54. The molecule has 3 fully saturated rings. The second-order valence-corrected chi connectivity index (χ2v) is 6.54. The molecule has 0 spiro atoms. The Hall–Kier alpha value is -0.120. The minimum atomic E-state index is 0.349. The lowest BCUT2D eigenvalue weighted by molar-refractivity contribution is -0.0163. The molecule has 0 amide bonds. The Morgan fingerprint density at radius 1 is 1.18 bits per heavy atom. The van der Waals surface area contributed by atoms with Crippen LogP contribution in [0, 0.1) is 11.8 Å². The molecular formula is C14H27N3. The molecule has 0 aliphatic carbocycles. The highest BCUT2D eigenvalue weighted by Gasteiger charge is 2.49. The molecule has 17 heavy (non-hydrogen) atoms. The lowest BCUT2D eigenvalue weighted by Crippen LogP contribution is -2.63. The molecule has 3 aliphatic rings. The average molecular weight is 237 g/mol. The Bertz CT molecular complexity index is 281. The largest absolute Gasteiger partial charge is 0.329 e. The summed E-state index contributed by atoms with van der Waals surface area (Å²) in [7, 11) is 0. The summed E-state index contributed by atoms with van der Waals surface area (Å²) in [5.41, 5.74) is 6.59. The van der Waals surface area contributed by atoms with Crippen LogP contribution in [-0.2, 0) is 0 Å². The van der Waals surface area contributed by atoms with E-state index >= 15 is 0 Å². The van der Waals surface area contributed by atoms with E-state index in [0.717, 1.165) is 18.4 Å². The first-order valence-electron chi connectivity index (χ1n) is 7.42. The molecule has 3 saturated heterocycles. The molecule has 3 aliphatic heterocycles.